The molecule has 122 valence electrons. The van der Waals surface area contributed by atoms with Gasteiger partial charge in [0.2, 0.25) is 0 Å². The molecule has 0 aliphatic carbocycles. The van der Waals surface area contributed by atoms with E-state index in [0.717, 1.165) is 26.8 Å². The molecule has 1 N–H and O–H groups in total. The summed E-state index contributed by atoms with van der Waals surface area (Å²) in [5, 5.41) is 3.27. The predicted octanol–water partition coefficient (Wildman–Crippen LogP) is 4.91. The molecule has 2 aromatic rings. The molecule has 0 aliphatic rings. The van der Waals surface area contributed by atoms with Crippen LogP contribution in [0, 0.1) is 9.39 Å². The summed E-state index contributed by atoms with van der Waals surface area (Å²) in [6, 6.07) is 10.8. The molecule has 0 radical (unpaired) electrons. The van der Waals surface area contributed by atoms with Gasteiger partial charge in [0, 0.05) is 14.8 Å². The fourth-order valence-corrected chi connectivity index (χ4v) is 2.78. The molecule has 0 fully saturated rings. The lowest BCUT2D eigenvalue weighted by molar-refractivity contribution is 0.290. The second-order valence-electron chi connectivity index (χ2n) is 4.79. The summed E-state index contributed by atoms with van der Waals surface area (Å²) in [5.41, 5.74) is 2.62. The van der Waals surface area contributed by atoms with Crippen molar-refractivity contribution >= 4 is 45.7 Å². The summed E-state index contributed by atoms with van der Waals surface area (Å²) >= 11 is 7.24. The number of rotatable bonds is 5. The van der Waals surface area contributed by atoms with E-state index < -0.39 is 0 Å². The minimum Gasteiger partial charge on any atom is -0.486 e. The smallest absolute Gasteiger partial charge is 0.260 e. The second-order valence-corrected chi connectivity index (χ2v) is 6.32. The molecule has 0 atom stereocenters. The maximum atomic E-state index is 14.0. The average molecular weight is 445 g/mol. The number of benzene rings is 2. The van der Waals surface area contributed by atoms with Crippen LogP contribution < -0.4 is 10.1 Å². The first-order chi connectivity index (χ1) is 11.0. The van der Waals surface area contributed by atoms with Crippen molar-refractivity contribution in [2.75, 3.05) is 12.4 Å². The third kappa shape index (κ3) is 4.78. The quantitative estimate of drug-likeness (QED) is 0.523. The minimum atomic E-state index is -0.350. The Hall–Kier alpha value is -1.41. The van der Waals surface area contributed by atoms with Crippen LogP contribution in [0.5, 0.6) is 5.75 Å². The van der Waals surface area contributed by atoms with Gasteiger partial charge in [-0.3, -0.25) is 0 Å². The molecular weight excluding hydrogens is 428 g/mol. The third-order valence-corrected chi connectivity index (χ3v) is 4.60. The summed E-state index contributed by atoms with van der Waals surface area (Å²) in [5.74, 6) is -0.112. The van der Waals surface area contributed by atoms with Gasteiger partial charge in [-0.1, -0.05) is 19.1 Å². The van der Waals surface area contributed by atoms with Crippen LogP contribution in [0.2, 0.25) is 0 Å². The molecule has 0 saturated carbocycles. The van der Waals surface area contributed by atoms with E-state index in [1.54, 1.807) is 6.07 Å². The van der Waals surface area contributed by atoms with Gasteiger partial charge in [0.25, 0.3) is 5.17 Å². The van der Waals surface area contributed by atoms with Crippen molar-refractivity contribution in [2.24, 2.45) is 0 Å². The van der Waals surface area contributed by atoms with Gasteiger partial charge < -0.3 is 14.8 Å². The minimum absolute atomic E-state index is 0.232. The molecule has 0 saturated heterocycles. The van der Waals surface area contributed by atoms with E-state index in [1.807, 2.05) is 31.2 Å². The topological polar surface area (TPSA) is 30.5 Å². The number of anilines is 1. The Balaban J connectivity index is 2.18. The summed E-state index contributed by atoms with van der Waals surface area (Å²) in [6.45, 7) is 2.22. The molecule has 23 heavy (non-hydrogen) atoms. The zero-order valence-electron chi connectivity index (χ0n) is 12.9. The maximum absolute atomic E-state index is 14.0. The first-order valence-electron chi connectivity index (χ1n) is 7.08. The monoisotopic (exact) mass is 445 g/mol. The number of methoxy groups -OCH3 is 1. The molecule has 0 spiro atoms. The van der Waals surface area contributed by atoms with Crippen LogP contribution in [-0.2, 0) is 17.8 Å². The number of ether oxygens (including phenoxy) is 2. The number of hydrogen-bond acceptors (Lipinski definition) is 3. The molecule has 0 aromatic heterocycles. The van der Waals surface area contributed by atoms with E-state index >= 15 is 0 Å². The number of aryl methyl sites for hydroxylation is 1. The summed E-state index contributed by atoms with van der Waals surface area (Å²) < 4.78 is 25.6. The van der Waals surface area contributed by atoms with E-state index in [-0.39, 0.29) is 23.3 Å². The van der Waals surface area contributed by atoms with Crippen molar-refractivity contribution in [3.05, 3.63) is 56.9 Å². The van der Waals surface area contributed by atoms with E-state index in [9.17, 15) is 4.39 Å². The van der Waals surface area contributed by atoms with Crippen LogP contribution in [-0.4, -0.2) is 12.3 Å². The highest BCUT2D eigenvalue weighted by Gasteiger charge is 2.11. The standard InChI is InChI=1S/C17H17FINO2S/c1-3-11-7-8-16(13(18)9-11)22-10-12-14(19)5-4-6-15(12)20-17(23)21-2/h4-9H,3,10H2,1-2H3,(H,20,23). The fourth-order valence-electron chi connectivity index (χ4n) is 2.01. The van der Waals surface area contributed by atoms with E-state index in [2.05, 4.69) is 27.9 Å². The van der Waals surface area contributed by atoms with Crippen LogP contribution in [0.4, 0.5) is 10.1 Å². The van der Waals surface area contributed by atoms with Crippen molar-refractivity contribution < 1.29 is 13.9 Å². The molecule has 6 heteroatoms. The summed E-state index contributed by atoms with van der Waals surface area (Å²) in [6.07, 6.45) is 0.788. The zero-order valence-corrected chi connectivity index (χ0v) is 15.8. The largest absolute Gasteiger partial charge is 0.486 e. The van der Waals surface area contributed by atoms with Gasteiger partial charge in [-0.05, 0) is 71.1 Å². The lowest BCUT2D eigenvalue weighted by Gasteiger charge is -2.15. The molecule has 3 nitrogen and oxygen atoms in total. The number of halogens is 2. The Morgan fingerprint density at radius 2 is 2.09 bits per heavy atom. The third-order valence-electron chi connectivity index (χ3n) is 3.32. The van der Waals surface area contributed by atoms with Crippen LogP contribution >= 0.6 is 34.8 Å². The Labute approximate surface area is 154 Å². The van der Waals surface area contributed by atoms with Gasteiger partial charge in [-0.25, -0.2) is 4.39 Å². The first kappa shape index (κ1) is 17.9. The fraction of sp³-hybridized carbons (Fsp3) is 0.235. The highest BCUT2D eigenvalue weighted by atomic mass is 127. The predicted molar refractivity (Wildman–Crippen MR) is 102 cm³/mol. The Morgan fingerprint density at radius 3 is 2.74 bits per heavy atom. The molecule has 0 aliphatic heterocycles. The molecule has 2 rings (SSSR count). The molecule has 2 aromatic carbocycles. The lowest BCUT2D eigenvalue weighted by atomic mass is 10.1. The molecule has 0 amide bonds. The van der Waals surface area contributed by atoms with Crippen LogP contribution in [0.1, 0.15) is 18.1 Å². The van der Waals surface area contributed by atoms with E-state index in [0.29, 0.717) is 0 Å². The zero-order chi connectivity index (χ0) is 16.8. The Morgan fingerprint density at radius 1 is 1.30 bits per heavy atom. The molecule has 0 heterocycles. The maximum Gasteiger partial charge on any atom is 0.260 e. The Bertz CT molecular complexity index is 709. The summed E-state index contributed by atoms with van der Waals surface area (Å²) in [7, 11) is 1.50. The van der Waals surface area contributed by atoms with Crippen LogP contribution in [0.15, 0.2) is 36.4 Å². The van der Waals surface area contributed by atoms with Gasteiger partial charge in [-0.2, -0.15) is 0 Å². The molecular formula is C17H17FINO2S. The number of thiocarbonyl (C=S) groups is 1. The van der Waals surface area contributed by atoms with Gasteiger partial charge >= 0.3 is 0 Å². The molecule has 0 bridgehead atoms. The molecule has 0 unspecified atom stereocenters. The average Bonchev–Trinajstić information content (AvgIpc) is 2.55. The van der Waals surface area contributed by atoms with Gasteiger partial charge in [0.15, 0.2) is 11.6 Å². The lowest BCUT2D eigenvalue weighted by Crippen LogP contribution is -2.13. The SMILES string of the molecule is CCc1ccc(OCc2c(I)cccc2NC(=S)OC)c(F)c1. The summed E-state index contributed by atoms with van der Waals surface area (Å²) in [4.78, 5) is 0. The number of hydrogen-bond donors (Lipinski definition) is 1. The van der Waals surface area contributed by atoms with E-state index in [4.69, 9.17) is 21.7 Å². The van der Waals surface area contributed by atoms with Gasteiger partial charge in [0.1, 0.15) is 6.61 Å². The van der Waals surface area contributed by atoms with Crippen molar-refractivity contribution in [1.29, 1.82) is 0 Å². The normalized spacial score (nSPS) is 10.3. The van der Waals surface area contributed by atoms with Crippen molar-refractivity contribution in [1.82, 2.24) is 0 Å². The van der Waals surface area contributed by atoms with Crippen LogP contribution in [0.3, 0.4) is 0 Å². The first-order valence-corrected chi connectivity index (χ1v) is 8.57. The van der Waals surface area contributed by atoms with Crippen molar-refractivity contribution in [3.8, 4) is 5.75 Å². The highest BCUT2D eigenvalue weighted by molar-refractivity contribution is 14.1. The highest BCUT2D eigenvalue weighted by Crippen LogP contribution is 2.25. The number of nitrogens with one attached hydrogen (secondary N) is 1. The van der Waals surface area contributed by atoms with Gasteiger partial charge in [0.05, 0.1) is 7.11 Å². The Kier molecular flexibility index (Phi) is 6.59. The van der Waals surface area contributed by atoms with Crippen LogP contribution in [0.25, 0.3) is 0 Å². The second kappa shape index (κ2) is 8.44. The van der Waals surface area contributed by atoms with Gasteiger partial charge in [-0.15, -0.1) is 0 Å². The van der Waals surface area contributed by atoms with Crippen molar-refractivity contribution in [3.63, 3.8) is 0 Å². The van der Waals surface area contributed by atoms with E-state index in [1.165, 1.54) is 13.2 Å². The van der Waals surface area contributed by atoms with Crippen molar-refractivity contribution in [2.45, 2.75) is 20.0 Å².